The average Bonchev–Trinajstić information content (AvgIpc) is 3.07. The van der Waals surface area contributed by atoms with Gasteiger partial charge in [-0.1, -0.05) is 11.6 Å². The average molecular weight is 333 g/mol. The van der Waals surface area contributed by atoms with E-state index in [0.29, 0.717) is 6.54 Å². The molecular weight excluding hydrogens is 310 g/mol. The maximum atomic E-state index is 11.9. The van der Waals surface area contributed by atoms with Gasteiger partial charge in [0.15, 0.2) is 6.10 Å². The first kappa shape index (κ1) is 17.5. The molecule has 0 aliphatic heterocycles. The van der Waals surface area contributed by atoms with Gasteiger partial charge in [-0.15, -0.1) is 0 Å². The number of nitrogens with one attached hydrogen (secondary N) is 1. The van der Waals surface area contributed by atoms with Crippen LogP contribution in [-0.2, 0) is 14.3 Å². The molecule has 0 radical (unpaired) electrons. The first-order chi connectivity index (χ1) is 11.1. The number of ether oxygens (including phenoxy) is 1. The van der Waals surface area contributed by atoms with Crippen LogP contribution in [0.25, 0.3) is 6.08 Å². The molecule has 0 saturated carbocycles. The normalized spacial score (nSPS) is 16.0. The maximum absolute atomic E-state index is 11.9. The molecule has 0 fully saturated rings. The van der Waals surface area contributed by atoms with Gasteiger partial charge in [-0.2, -0.15) is 11.3 Å². The van der Waals surface area contributed by atoms with E-state index < -0.39 is 12.1 Å². The van der Waals surface area contributed by atoms with Crippen molar-refractivity contribution in [2.45, 2.75) is 45.1 Å². The van der Waals surface area contributed by atoms with Crippen LogP contribution in [0.3, 0.4) is 0 Å². The molecule has 1 atom stereocenters. The van der Waals surface area contributed by atoms with E-state index in [1.165, 1.54) is 24.5 Å². The first-order valence-electron chi connectivity index (χ1n) is 8.01. The second kappa shape index (κ2) is 9.30. The second-order valence-corrected chi connectivity index (χ2v) is 6.40. The topological polar surface area (TPSA) is 55.4 Å². The van der Waals surface area contributed by atoms with Gasteiger partial charge in [0.1, 0.15) is 0 Å². The molecule has 1 heterocycles. The SMILES string of the molecule is C[C@H](OC(=O)/C=C/c1ccsc1)C(=O)NCCC1=CCCCC1. The minimum Gasteiger partial charge on any atom is -0.449 e. The van der Waals surface area contributed by atoms with E-state index in [1.54, 1.807) is 24.3 Å². The zero-order valence-corrected chi connectivity index (χ0v) is 14.2. The standard InChI is InChI=1S/C18H23NO3S/c1-14(22-17(20)8-7-16-10-12-23-13-16)18(21)19-11-9-15-5-3-2-4-6-15/h5,7-8,10,12-14H,2-4,6,9,11H2,1H3,(H,19,21)/b8-7+/t14-/m0/s1. The molecule has 2 rings (SSSR count). The number of thiophene rings is 1. The minimum absolute atomic E-state index is 0.251. The van der Waals surface area contributed by atoms with Crippen molar-refractivity contribution in [3.63, 3.8) is 0 Å². The van der Waals surface area contributed by atoms with Gasteiger partial charge in [0.05, 0.1) is 0 Å². The van der Waals surface area contributed by atoms with E-state index in [4.69, 9.17) is 4.74 Å². The summed E-state index contributed by atoms with van der Waals surface area (Å²) in [6, 6.07) is 1.91. The van der Waals surface area contributed by atoms with Crippen LogP contribution in [0.1, 0.15) is 44.6 Å². The van der Waals surface area contributed by atoms with E-state index in [2.05, 4.69) is 11.4 Å². The number of carbonyl (C=O) groups excluding carboxylic acids is 2. The first-order valence-corrected chi connectivity index (χ1v) is 8.96. The molecule has 1 aromatic heterocycles. The fourth-order valence-electron chi connectivity index (χ4n) is 2.42. The van der Waals surface area contributed by atoms with Crippen molar-refractivity contribution < 1.29 is 14.3 Å². The van der Waals surface area contributed by atoms with Gasteiger partial charge in [-0.3, -0.25) is 4.79 Å². The third-order valence-electron chi connectivity index (χ3n) is 3.75. The summed E-state index contributed by atoms with van der Waals surface area (Å²) in [5, 5.41) is 6.69. The van der Waals surface area contributed by atoms with Gasteiger partial charge in [-0.25, -0.2) is 4.79 Å². The Morgan fingerprint density at radius 1 is 1.43 bits per heavy atom. The van der Waals surface area contributed by atoms with Crippen molar-refractivity contribution >= 4 is 29.3 Å². The Balaban J connectivity index is 1.67. The molecule has 1 aliphatic carbocycles. The lowest BCUT2D eigenvalue weighted by Crippen LogP contribution is -2.36. The lowest BCUT2D eigenvalue weighted by molar-refractivity contribution is -0.150. The monoisotopic (exact) mass is 333 g/mol. The summed E-state index contributed by atoms with van der Waals surface area (Å²) in [6.07, 6.45) is 10.2. The van der Waals surface area contributed by atoms with Crippen molar-refractivity contribution in [1.29, 1.82) is 0 Å². The smallest absolute Gasteiger partial charge is 0.331 e. The van der Waals surface area contributed by atoms with Crippen LogP contribution in [0.5, 0.6) is 0 Å². The van der Waals surface area contributed by atoms with Gasteiger partial charge in [0.25, 0.3) is 5.91 Å². The Hall–Kier alpha value is -1.88. The molecule has 5 heteroatoms. The summed E-state index contributed by atoms with van der Waals surface area (Å²) in [4.78, 5) is 23.6. The Labute approximate surface area is 141 Å². The van der Waals surface area contributed by atoms with Crippen molar-refractivity contribution in [1.82, 2.24) is 5.32 Å². The van der Waals surface area contributed by atoms with E-state index in [0.717, 1.165) is 24.8 Å². The summed E-state index contributed by atoms with van der Waals surface area (Å²) in [5.41, 5.74) is 2.37. The third kappa shape index (κ3) is 6.40. The zero-order valence-electron chi connectivity index (χ0n) is 13.4. The van der Waals surface area contributed by atoms with Crippen molar-refractivity contribution in [3.05, 3.63) is 40.1 Å². The predicted molar refractivity (Wildman–Crippen MR) is 93.1 cm³/mol. The Morgan fingerprint density at radius 2 is 2.30 bits per heavy atom. The van der Waals surface area contributed by atoms with Crippen LogP contribution >= 0.6 is 11.3 Å². The summed E-state index contributed by atoms with van der Waals surface area (Å²) in [5.74, 6) is -0.757. The number of hydrogen-bond donors (Lipinski definition) is 1. The van der Waals surface area contributed by atoms with Crippen molar-refractivity contribution in [2.75, 3.05) is 6.54 Å². The van der Waals surface area contributed by atoms with E-state index in [9.17, 15) is 9.59 Å². The molecule has 1 aromatic rings. The van der Waals surface area contributed by atoms with Crippen LogP contribution in [0.2, 0.25) is 0 Å². The Kier molecular flexibility index (Phi) is 7.07. The highest BCUT2D eigenvalue weighted by atomic mass is 32.1. The van der Waals surface area contributed by atoms with E-state index in [-0.39, 0.29) is 5.91 Å². The van der Waals surface area contributed by atoms with Crippen LogP contribution < -0.4 is 5.32 Å². The predicted octanol–water partition coefficient (Wildman–Crippen LogP) is 3.70. The van der Waals surface area contributed by atoms with Gasteiger partial charge in [0, 0.05) is 12.6 Å². The Morgan fingerprint density at radius 3 is 3.00 bits per heavy atom. The van der Waals surface area contributed by atoms with E-state index >= 15 is 0 Å². The number of rotatable bonds is 7. The molecule has 1 N–H and O–H groups in total. The molecule has 124 valence electrons. The Bertz CT molecular complexity index is 575. The molecular formula is C18H23NO3S. The van der Waals surface area contributed by atoms with Crippen LogP contribution in [0.15, 0.2) is 34.6 Å². The molecule has 4 nitrogen and oxygen atoms in total. The van der Waals surface area contributed by atoms with Crippen molar-refractivity contribution in [2.24, 2.45) is 0 Å². The summed E-state index contributed by atoms with van der Waals surface area (Å²) >= 11 is 1.56. The third-order valence-corrected chi connectivity index (χ3v) is 4.45. The number of carbonyl (C=O) groups is 2. The van der Waals surface area contributed by atoms with Crippen molar-refractivity contribution in [3.8, 4) is 0 Å². The molecule has 0 bridgehead atoms. The lowest BCUT2D eigenvalue weighted by Gasteiger charge is -2.15. The fraction of sp³-hybridized carbons (Fsp3) is 0.444. The zero-order chi connectivity index (χ0) is 16.5. The number of amides is 1. The van der Waals surface area contributed by atoms with Gasteiger partial charge in [-0.05, 0) is 67.5 Å². The number of hydrogen-bond acceptors (Lipinski definition) is 4. The highest BCUT2D eigenvalue weighted by molar-refractivity contribution is 7.08. The van der Waals surface area contributed by atoms with Crippen LogP contribution in [-0.4, -0.2) is 24.5 Å². The molecule has 1 amide bonds. The quantitative estimate of drug-likeness (QED) is 0.470. The highest BCUT2D eigenvalue weighted by Crippen LogP contribution is 2.19. The highest BCUT2D eigenvalue weighted by Gasteiger charge is 2.16. The summed E-state index contributed by atoms with van der Waals surface area (Å²) < 4.78 is 5.10. The van der Waals surface area contributed by atoms with Gasteiger partial charge >= 0.3 is 5.97 Å². The second-order valence-electron chi connectivity index (χ2n) is 5.62. The molecule has 1 aliphatic rings. The lowest BCUT2D eigenvalue weighted by atomic mass is 9.97. The van der Waals surface area contributed by atoms with Crippen LogP contribution in [0.4, 0.5) is 0 Å². The summed E-state index contributed by atoms with van der Waals surface area (Å²) in [7, 11) is 0. The fourth-order valence-corrected chi connectivity index (χ4v) is 3.05. The molecule has 0 aromatic carbocycles. The largest absolute Gasteiger partial charge is 0.449 e. The van der Waals surface area contributed by atoms with Crippen LogP contribution in [0, 0.1) is 0 Å². The number of esters is 1. The van der Waals surface area contributed by atoms with Gasteiger partial charge in [0.2, 0.25) is 0 Å². The van der Waals surface area contributed by atoms with E-state index in [1.807, 2.05) is 16.8 Å². The summed E-state index contributed by atoms with van der Waals surface area (Å²) in [6.45, 7) is 2.18. The van der Waals surface area contributed by atoms with Gasteiger partial charge < -0.3 is 10.1 Å². The molecule has 0 saturated heterocycles. The molecule has 0 unspecified atom stereocenters. The minimum atomic E-state index is -0.782. The molecule has 0 spiro atoms. The molecule has 23 heavy (non-hydrogen) atoms. The number of allylic oxidation sites excluding steroid dienone is 1. The maximum Gasteiger partial charge on any atom is 0.331 e.